The molecule has 1 saturated heterocycles. The third-order valence-corrected chi connectivity index (χ3v) is 9.06. The number of nitriles is 1. The summed E-state index contributed by atoms with van der Waals surface area (Å²) < 4.78 is 6.34. The molecular weight excluding hydrogens is 562 g/mol. The highest BCUT2D eigenvalue weighted by Crippen LogP contribution is 2.46. The molecule has 9 nitrogen and oxygen atoms in total. The van der Waals surface area contributed by atoms with Crippen LogP contribution in [0.25, 0.3) is 27.7 Å². The predicted octanol–water partition coefficient (Wildman–Crippen LogP) is 6.22. The summed E-state index contributed by atoms with van der Waals surface area (Å²) in [6.45, 7) is 10.2. The standard InChI is InChI=1S/C36H35N7O2/c1-22-9-5-6-11-26(22)27-12-8-13-28(34-41-29-14-7-10-25(18-37)32(29)45-34)36(27,4)42-33-31-30(39-23(2)40-33)17-24(19-38-31)20-43-16-15-35(3,44)21-43/h5-14,17,19,27,44H,15-16,20-21H2,1-4H3,(H,39,40,42). The fraction of sp³-hybridized carbons (Fsp3) is 0.306. The van der Waals surface area contributed by atoms with E-state index >= 15 is 0 Å². The molecule has 2 aromatic carbocycles. The molecular formula is C36H35N7O2. The molecule has 0 spiro atoms. The maximum Gasteiger partial charge on any atom is 0.225 e. The smallest absolute Gasteiger partial charge is 0.225 e. The number of likely N-dealkylation sites (tertiary alicyclic amines) is 1. The van der Waals surface area contributed by atoms with Crippen molar-refractivity contribution < 1.29 is 9.52 Å². The van der Waals surface area contributed by atoms with E-state index in [0.29, 0.717) is 52.8 Å². The number of allylic oxidation sites excluding steroid dienone is 2. The molecule has 3 atom stereocenters. The van der Waals surface area contributed by atoms with Crippen molar-refractivity contribution in [2.75, 3.05) is 18.4 Å². The monoisotopic (exact) mass is 597 g/mol. The topological polar surface area (TPSA) is 124 Å². The summed E-state index contributed by atoms with van der Waals surface area (Å²) in [5.41, 5.74) is 5.73. The Balaban J connectivity index is 1.33. The van der Waals surface area contributed by atoms with Crippen LogP contribution in [0.5, 0.6) is 0 Å². The Kier molecular flexibility index (Phi) is 6.99. The first-order chi connectivity index (χ1) is 21.6. The van der Waals surface area contributed by atoms with Gasteiger partial charge in [-0.25, -0.2) is 15.0 Å². The van der Waals surface area contributed by atoms with Gasteiger partial charge in [-0.2, -0.15) is 5.26 Å². The Labute approximate surface area is 262 Å². The lowest BCUT2D eigenvalue weighted by Gasteiger charge is -2.41. The predicted molar refractivity (Wildman–Crippen MR) is 174 cm³/mol. The van der Waals surface area contributed by atoms with Crippen molar-refractivity contribution in [3.63, 3.8) is 0 Å². The minimum absolute atomic E-state index is 0.114. The maximum atomic E-state index is 10.4. The van der Waals surface area contributed by atoms with Gasteiger partial charge in [0.15, 0.2) is 11.4 Å². The van der Waals surface area contributed by atoms with Crippen molar-refractivity contribution in [2.24, 2.45) is 0 Å². The van der Waals surface area contributed by atoms with E-state index in [1.807, 2.05) is 50.4 Å². The van der Waals surface area contributed by atoms with Crippen LogP contribution in [-0.2, 0) is 6.54 Å². The molecule has 0 amide bonds. The average Bonchev–Trinajstić information content (AvgIpc) is 3.59. The maximum absolute atomic E-state index is 10.4. The second kappa shape index (κ2) is 10.9. The van der Waals surface area contributed by atoms with Gasteiger partial charge in [-0.15, -0.1) is 0 Å². The number of benzene rings is 2. The van der Waals surface area contributed by atoms with Crippen molar-refractivity contribution in [3.05, 3.63) is 107 Å². The molecule has 4 heterocycles. The van der Waals surface area contributed by atoms with E-state index in [2.05, 4.69) is 60.5 Å². The molecule has 0 radical (unpaired) electrons. The highest BCUT2D eigenvalue weighted by Gasteiger charge is 2.43. The molecule has 9 heteroatoms. The van der Waals surface area contributed by atoms with Crippen molar-refractivity contribution >= 4 is 33.5 Å². The molecule has 1 fully saturated rings. The van der Waals surface area contributed by atoms with Gasteiger partial charge in [-0.05, 0) is 69.0 Å². The Bertz CT molecular complexity index is 2050. The van der Waals surface area contributed by atoms with Gasteiger partial charge in [0.25, 0.3) is 0 Å². The fourth-order valence-corrected chi connectivity index (χ4v) is 6.77. The minimum Gasteiger partial charge on any atom is -0.435 e. The number of aryl methyl sites for hydroxylation is 2. The molecule has 226 valence electrons. The first-order valence-corrected chi connectivity index (χ1v) is 15.2. The number of rotatable bonds is 6. The Hall–Kier alpha value is -4.91. The first-order valence-electron chi connectivity index (χ1n) is 15.2. The number of fused-ring (bicyclic) bond motifs is 2. The van der Waals surface area contributed by atoms with E-state index in [1.54, 1.807) is 6.07 Å². The zero-order chi connectivity index (χ0) is 31.3. The lowest BCUT2D eigenvalue weighted by molar-refractivity contribution is 0.0679. The lowest BCUT2D eigenvalue weighted by Crippen LogP contribution is -2.43. The molecule has 3 unspecified atom stereocenters. The SMILES string of the molecule is Cc1nc(NC2(C)C(c3nc4cccc(C#N)c4o3)=CC=CC2c2ccccc2C)c2ncc(CN3CCC(C)(O)C3)cc2n1. The number of nitrogens with one attached hydrogen (secondary N) is 1. The summed E-state index contributed by atoms with van der Waals surface area (Å²) in [6.07, 6.45) is 8.88. The summed E-state index contributed by atoms with van der Waals surface area (Å²) >= 11 is 0. The summed E-state index contributed by atoms with van der Waals surface area (Å²) in [5.74, 6) is 1.57. The average molecular weight is 598 g/mol. The number of anilines is 1. The van der Waals surface area contributed by atoms with Crippen molar-refractivity contribution in [2.45, 2.75) is 57.7 Å². The number of oxazole rings is 1. The number of hydrogen-bond acceptors (Lipinski definition) is 9. The van der Waals surface area contributed by atoms with Crippen LogP contribution in [0.1, 0.15) is 60.2 Å². The highest BCUT2D eigenvalue weighted by atomic mass is 16.3. The van der Waals surface area contributed by atoms with Crippen LogP contribution < -0.4 is 5.32 Å². The van der Waals surface area contributed by atoms with Gasteiger partial charge in [0, 0.05) is 37.3 Å². The first kappa shape index (κ1) is 28.8. The Morgan fingerprint density at radius 2 is 1.93 bits per heavy atom. The van der Waals surface area contributed by atoms with Crippen molar-refractivity contribution in [3.8, 4) is 6.07 Å². The number of aliphatic hydroxyl groups is 1. The molecule has 3 aromatic heterocycles. The Morgan fingerprint density at radius 1 is 1.09 bits per heavy atom. The number of nitrogens with zero attached hydrogens (tertiary/aromatic N) is 6. The summed E-state index contributed by atoms with van der Waals surface area (Å²) in [6, 6.07) is 18.1. The molecule has 5 aromatic rings. The quantitative estimate of drug-likeness (QED) is 0.235. The molecule has 2 N–H and O–H groups in total. The zero-order valence-electron chi connectivity index (χ0n) is 25.9. The Morgan fingerprint density at radius 3 is 2.71 bits per heavy atom. The van der Waals surface area contributed by atoms with Gasteiger partial charge < -0.3 is 14.8 Å². The van der Waals surface area contributed by atoms with Crippen molar-refractivity contribution in [1.82, 2.24) is 24.8 Å². The van der Waals surface area contributed by atoms with Crippen LogP contribution in [-0.4, -0.2) is 54.2 Å². The van der Waals surface area contributed by atoms with E-state index in [0.717, 1.165) is 40.7 Å². The van der Waals surface area contributed by atoms with E-state index in [4.69, 9.17) is 24.4 Å². The third-order valence-electron chi connectivity index (χ3n) is 9.06. The lowest BCUT2D eigenvalue weighted by atomic mass is 9.71. The summed E-state index contributed by atoms with van der Waals surface area (Å²) in [7, 11) is 0. The summed E-state index contributed by atoms with van der Waals surface area (Å²) in [5, 5.41) is 24.0. The molecule has 0 bridgehead atoms. The van der Waals surface area contributed by atoms with Crippen LogP contribution >= 0.6 is 0 Å². The van der Waals surface area contributed by atoms with Crippen LogP contribution in [0.3, 0.4) is 0 Å². The second-order valence-electron chi connectivity index (χ2n) is 12.7. The molecule has 1 aliphatic carbocycles. The summed E-state index contributed by atoms with van der Waals surface area (Å²) in [4.78, 5) is 21.6. The normalized spacial score (nSPS) is 23.4. The van der Waals surface area contributed by atoms with Gasteiger partial charge in [0.1, 0.15) is 22.9 Å². The number of β-amino-alcohol motifs (C(OH)–C–C–N with tert-alkyl or cyclic N) is 1. The van der Waals surface area contributed by atoms with Gasteiger partial charge in [0.05, 0.1) is 22.2 Å². The van der Waals surface area contributed by atoms with Crippen LogP contribution in [0.15, 0.2) is 77.4 Å². The molecule has 0 saturated carbocycles. The third kappa shape index (κ3) is 5.26. The molecule has 1 aliphatic heterocycles. The van der Waals surface area contributed by atoms with Crippen LogP contribution in [0.2, 0.25) is 0 Å². The fourth-order valence-electron chi connectivity index (χ4n) is 6.77. The number of hydrogen-bond donors (Lipinski definition) is 2. The zero-order valence-corrected chi connectivity index (χ0v) is 25.9. The van der Waals surface area contributed by atoms with E-state index < -0.39 is 11.1 Å². The van der Waals surface area contributed by atoms with E-state index in [9.17, 15) is 10.4 Å². The number of aromatic nitrogens is 4. The minimum atomic E-state index is -0.774. The van der Waals surface area contributed by atoms with E-state index in [-0.39, 0.29) is 5.92 Å². The largest absolute Gasteiger partial charge is 0.435 e. The van der Waals surface area contributed by atoms with Gasteiger partial charge in [0.2, 0.25) is 5.89 Å². The van der Waals surface area contributed by atoms with Gasteiger partial charge in [-0.1, -0.05) is 48.6 Å². The van der Waals surface area contributed by atoms with Crippen molar-refractivity contribution in [1.29, 1.82) is 5.26 Å². The van der Waals surface area contributed by atoms with Gasteiger partial charge in [-0.3, -0.25) is 9.88 Å². The molecule has 2 aliphatic rings. The number of para-hydroxylation sites is 1. The highest BCUT2D eigenvalue weighted by molar-refractivity contribution is 5.89. The molecule has 45 heavy (non-hydrogen) atoms. The molecule has 7 rings (SSSR count). The second-order valence-corrected chi connectivity index (χ2v) is 12.7. The van der Waals surface area contributed by atoms with Crippen LogP contribution in [0, 0.1) is 25.2 Å². The van der Waals surface area contributed by atoms with Gasteiger partial charge >= 0.3 is 0 Å². The van der Waals surface area contributed by atoms with E-state index in [1.165, 1.54) is 0 Å². The van der Waals surface area contributed by atoms with Crippen LogP contribution in [0.4, 0.5) is 5.82 Å². The number of pyridine rings is 1.